The van der Waals surface area contributed by atoms with Crippen LogP contribution in [0.3, 0.4) is 0 Å². The fourth-order valence-electron chi connectivity index (χ4n) is 4.36. The van der Waals surface area contributed by atoms with Crippen molar-refractivity contribution in [3.8, 4) is 17.1 Å². The smallest absolute Gasteiger partial charge is 0.269 e. The van der Waals surface area contributed by atoms with Crippen molar-refractivity contribution >= 4 is 25.5 Å². The predicted molar refractivity (Wildman–Crippen MR) is 126 cm³/mol. The molecule has 0 spiro atoms. The third-order valence-corrected chi connectivity index (χ3v) is 6.33. The number of anilines is 2. The van der Waals surface area contributed by atoms with Crippen LogP contribution in [0.1, 0.15) is 58.9 Å². The molecule has 6 rings (SSSR count). The molecule has 4 aromatic rings. The van der Waals surface area contributed by atoms with Gasteiger partial charge in [-0.1, -0.05) is 0 Å². The summed E-state index contributed by atoms with van der Waals surface area (Å²) in [4.78, 5) is 21.1. The normalized spacial score (nSPS) is 17.2. The van der Waals surface area contributed by atoms with Crippen molar-refractivity contribution in [3.05, 3.63) is 71.3 Å². The van der Waals surface area contributed by atoms with Crippen LogP contribution >= 0.6 is 0 Å². The zero-order chi connectivity index (χ0) is 22.7. The van der Waals surface area contributed by atoms with Crippen LogP contribution in [0.2, 0.25) is 0 Å². The van der Waals surface area contributed by atoms with Crippen molar-refractivity contribution in [3.63, 3.8) is 0 Å². The van der Waals surface area contributed by atoms with Gasteiger partial charge in [-0.05, 0) is 74.2 Å². The van der Waals surface area contributed by atoms with E-state index in [0.29, 0.717) is 23.3 Å². The summed E-state index contributed by atoms with van der Waals surface area (Å²) in [7, 11) is 6.09. The second-order valence-corrected chi connectivity index (χ2v) is 8.81. The summed E-state index contributed by atoms with van der Waals surface area (Å²) in [6.07, 6.45) is 6.47. The molecular formula is C24H22BN7O. The van der Waals surface area contributed by atoms with E-state index in [4.69, 9.17) is 7.98 Å². The number of amides is 1. The van der Waals surface area contributed by atoms with Crippen LogP contribution in [-0.4, -0.2) is 38.1 Å². The van der Waals surface area contributed by atoms with Crippen molar-refractivity contribution in [1.29, 1.82) is 0 Å². The molecule has 1 fully saturated rings. The Bertz CT molecular complexity index is 1400. The molecule has 1 aliphatic carbocycles. The number of hydrogen-bond acceptors (Lipinski definition) is 5. The largest absolute Gasteiger partial charge is 0.345 e. The van der Waals surface area contributed by atoms with Crippen LogP contribution in [-0.2, 0) is 0 Å². The first-order valence-electron chi connectivity index (χ1n) is 11.1. The lowest BCUT2D eigenvalue weighted by atomic mass is 10.1. The average molecular weight is 435 g/mol. The number of aromatic nitrogens is 5. The lowest BCUT2D eigenvalue weighted by molar-refractivity contribution is 0.0958. The van der Waals surface area contributed by atoms with Gasteiger partial charge in [-0.2, -0.15) is 10.1 Å². The number of carbonyl (C=O) groups is 1. The van der Waals surface area contributed by atoms with E-state index in [0.717, 1.165) is 28.1 Å². The van der Waals surface area contributed by atoms with E-state index < -0.39 is 0 Å². The average Bonchev–Trinajstić information content (AvgIpc) is 3.32. The summed E-state index contributed by atoms with van der Waals surface area (Å²) in [5, 5.41) is 10.5. The first-order chi connectivity index (χ1) is 16.0. The van der Waals surface area contributed by atoms with Crippen molar-refractivity contribution in [2.24, 2.45) is 0 Å². The lowest BCUT2D eigenvalue weighted by Crippen LogP contribution is -2.16. The molecule has 2 radical (unpaired) electrons. The minimum Gasteiger partial charge on any atom is -0.345 e. The standard InChI is InChI=1S/C24H22BN7O/c1-13-9-16(5-8-21(13)31-11-20(26-12-31)15-3-4-15)22-29-24(32(25)30-22)28-17-6-7-18-19(10-17)14(2)27-23(18)33/h5-12,14-15H,3-4H2,1-2H3,(H,27,33)(H,28,29,30). The van der Waals surface area contributed by atoms with Crippen LogP contribution in [0.15, 0.2) is 48.9 Å². The third-order valence-electron chi connectivity index (χ3n) is 6.33. The fourth-order valence-corrected chi connectivity index (χ4v) is 4.36. The summed E-state index contributed by atoms with van der Waals surface area (Å²) >= 11 is 0. The van der Waals surface area contributed by atoms with Gasteiger partial charge in [0, 0.05) is 34.6 Å². The van der Waals surface area contributed by atoms with Crippen molar-refractivity contribution in [2.45, 2.75) is 38.6 Å². The maximum absolute atomic E-state index is 12.0. The molecule has 1 saturated carbocycles. The first-order valence-corrected chi connectivity index (χ1v) is 11.1. The van der Waals surface area contributed by atoms with Gasteiger partial charge in [0.1, 0.15) is 0 Å². The highest BCUT2D eigenvalue weighted by Gasteiger charge is 2.26. The van der Waals surface area contributed by atoms with Gasteiger partial charge in [-0.3, -0.25) is 9.39 Å². The summed E-state index contributed by atoms with van der Waals surface area (Å²) in [6, 6.07) is 11.7. The van der Waals surface area contributed by atoms with Gasteiger partial charge in [0.05, 0.1) is 18.1 Å². The molecular weight excluding hydrogens is 413 g/mol. The van der Waals surface area contributed by atoms with Gasteiger partial charge in [0.2, 0.25) is 5.95 Å². The zero-order valence-electron chi connectivity index (χ0n) is 18.4. The molecule has 162 valence electrons. The Balaban J connectivity index is 1.25. The van der Waals surface area contributed by atoms with E-state index in [2.05, 4.69) is 55.5 Å². The molecule has 1 amide bonds. The maximum Gasteiger partial charge on any atom is 0.269 e. The van der Waals surface area contributed by atoms with Crippen molar-refractivity contribution in [2.75, 3.05) is 5.32 Å². The van der Waals surface area contributed by atoms with E-state index in [1.807, 2.05) is 37.5 Å². The highest BCUT2D eigenvalue weighted by molar-refractivity contribution is 6.07. The fraction of sp³-hybridized carbons (Fsp3) is 0.250. The number of rotatable bonds is 5. The minimum atomic E-state index is -0.0494. The monoisotopic (exact) mass is 435 g/mol. The van der Waals surface area contributed by atoms with Crippen LogP contribution in [0.25, 0.3) is 17.1 Å². The summed E-state index contributed by atoms with van der Waals surface area (Å²) < 4.78 is 3.31. The lowest BCUT2D eigenvalue weighted by Gasteiger charge is -2.08. The van der Waals surface area contributed by atoms with E-state index in [1.165, 1.54) is 23.1 Å². The Morgan fingerprint density at radius 1 is 1.18 bits per heavy atom. The molecule has 1 aliphatic heterocycles. The molecule has 2 aromatic heterocycles. The topological polar surface area (TPSA) is 89.7 Å². The number of nitrogens with one attached hydrogen (secondary N) is 2. The number of hydrogen-bond donors (Lipinski definition) is 2. The zero-order valence-corrected chi connectivity index (χ0v) is 18.4. The van der Waals surface area contributed by atoms with E-state index in [-0.39, 0.29) is 11.9 Å². The molecule has 3 heterocycles. The van der Waals surface area contributed by atoms with E-state index in [1.54, 1.807) is 0 Å². The predicted octanol–water partition coefficient (Wildman–Crippen LogP) is 3.80. The van der Waals surface area contributed by atoms with Gasteiger partial charge < -0.3 is 15.2 Å². The molecule has 2 aliphatic rings. The second-order valence-electron chi connectivity index (χ2n) is 8.81. The third kappa shape index (κ3) is 3.49. The Labute approximate surface area is 192 Å². The Morgan fingerprint density at radius 2 is 2.03 bits per heavy atom. The van der Waals surface area contributed by atoms with E-state index in [9.17, 15) is 4.79 Å². The van der Waals surface area contributed by atoms with Gasteiger partial charge in [-0.15, -0.1) is 0 Å². The number of nitrogens with zero attached hydrogens (tertiary/aromatic N) is 5. The highest BCUT2D eigenvalue weighted by Crippen LogP contribution is 2.39. The molecule has 2 N–H and O–H groups in total. The summed E-state index contributed by atoms with van der Waals surface area (Å²) in [6.45, 7) is 4.02. The molecule has 1 unspecified atom stereocenters. The summed E-state index contributed by atoms with van der Waals surface area (Å²) in [5.41, 5.74) is 6.66. The molecule has 0 bridgehead atoms. The Morgan fingerprint density at radius 3 is 2.82 bits per heavy atom. The molecule has 9 heteroatoms. The number of carbonyl (C=O) groups excluding carboxylic acids is 1. The van der Waals surface area contributed by atoms with Crippen LogP contribution in [0.4, 0.5) is 11.6 Å². The molecule has 0 saturated heterocycles. The Kier molecular flexibility index (Phi) is 4.40. The number of benzene rings is 2. The van der Waals surface area contributed by atoms with Crippen LogP contribution < -0.4 is 10.6 Å². The van der Waals surface area contributed by atoms with Gasteiger partial charge in [-0.25, -0.2) is 4.98 Å². The van der Waals surface area contributed by atoms with Crippen LogP contribution in [0, 0.1) is 6.92 Å². The van der Waals surface area contributed by atoms with Gasteiger partial charge in [0.15, 0.2) is 5.82 Å². The van der Waals surface area contributed by atoms with Gasteiger partial charge >= 0.3 is 0 Å². The van der Waals surface area contributed by atoms with Crippen LogP contribution in [0.5, 0.6) is 0 Å². The van der Waals surface area contributed by atoms with Crippen molar-refractivity contribution in [1.82, 2.24) is 29.5 Å². The molecule has 33 heavy (non-hydrogen) atoms. The SMILES string of the molecule is [B]n1nc(-c2ccc(-n3cnc(C4CC4)c3)c(C)c2)nc1Nc1ccc2c(c1)C(C)NC2=O. The number of imidazole rings is 1. The molecule has 1 atom stereocenters. The highest BCUT2D eigenvalue weighted by atomic mass is 16.2. The van der Waals surface area contributed by atoms with E-state index >= 15 is 0 Å². The number of aryl methyl sites for hydroxylation is 1. The summed E-state index contributed by atoms with van der Waals surface area (Å²) in [5.74, 6) is 1.53. The maximum atomic E-state index is 12.0. The Hall–Kier alpha value is -3.88. The first kappa shape index (κ1) is 19.8. The quantitative estimate of drug-likeness (QED) is 0.466. The van der Waals surface area contributed by atoms with Crippen molar-refractivity contribution < 1.29 is 4.79 Å². The minimum absolute atomic E-state index is 0.0297. The molecule has 2 aromatic carbocycles. The molecule has 8 nitrogen and oxygen atoms in total. The second kappa shape index (κ2) is 7.33. The van der Waals surface area contributed by atoms with Gasteiger partial charge in [0.25, 0.3) is 13.9 Å². The number of fused-ring (bicyclic) bond motifs is 1.